The van der Waals surface area contributed by atoms with Gasteiger partial charge in [-0.2, -0.15) is 5.10 Å². The number of pyridine rings is 1. The second-order valence-corrected chi connectivity index (χ2v) is 8.04. The molecule has 5 aromatic rings. The van der Waals surface area contributed by atoms with E-state index < -0.39 is 18.5 Å². The van der Waals surface area contributed by atoms with Gasteiger partial charge in [0.1, 0.15) is 11.6 Å². The van der Waals surface area contributed by atoms with E-state index in [0.29, 0.717) is 28.1 Å². The Kier molecular flexibility index (Phi) is 6.23. The van der Waals surface area contributed by atoms with Gasteiger partial charge < -0.3 is 14.6 Å². The maximum Gasteiger partial charge on any atom is 0.339 e. The first-order valence-corrected chi connectivity index (χ1v) is 11.0. The number of hydrogen-bond donors (Lipinski definition) is 1. The van der Waals surface area contributed by atoms with Crippen molar-refractivity contribution in [2.45, 2.75) is 13.5 Å². The topological polar surface area (TPSA) is 112 Å². The summed E-state index contributed by atoms with van der Waals surface area (Å²) >= 11 is 0. The Hall–Kier alpha value is -4.86. The van der Waals surface area contributed by atoms with Gasteiger partial charge in [0.15, 0.2) is 18.1 Å². The molecule has 0 spiro atoms. The van der Waals surface area contributed by atoms with Gasteiger partial charge in [-0.15, -0.1) is 0 Å². The van der Waals surface area contributed by atoms with Crippen molar-refractivity contribution in [2.75, 3.05) is 11.9 Å². The third-order valence-electron chi connectivity index (χ3n) is 5.35. The largest absolute Gasteiger partial charge is 0.452 e. The third-order valence-corrected chi connectivity index (χ3v) is 5.35. The molecule has 5 rings (SSSR count). The van der Waals surface area contributed by atoms with Crippen LogP contribution in [0.3, 0.4) is 0 Å². The number of aryl methyl sites for hydroxylation is 1. The molecule has 3 heterocycles. The second-order valence-electron chi connectivity index (χ2n) is 8.04. The molecule has 0 atom stereocenters. The highest BCUT2D eigenvalue weighted by Gasteiger charge is 2.20. The number of ether oxygens (including phenoxy) is 1. The number of anilines is 1. The van der Waals surface area contributed by atoms with Crippen LogP contribution in [-0.4, -0.2) is 38.4 Å². The van der Waals surface area contributed by atoms with Gasteiger partial charge in [0.2, 0.25) is 0 Å². The van der Waals surface area contributed by atoms with Crippen molar-refractivity contribution in [2.24, 2.45) is 0 Å². The number of carbonyl (C=O) groups is 2. The summed E-state index contributed by atoms with van der Waals surface area (Å²) in [6.45, 7) is 1.42. The molecular weight excluding hydrogens is 465 g/mol. The Balaban J connectivity index is 1.45. The molecular formula is C26H20FN5O4. The first-order chi connectivity index (χ1) is 17.5. The van der Waals surface area contributed by atoms with Crippen LogP contribution in [0.15, 0.2) is 77.4 Å². The monoisotopic (exact) mass is 485 g/mol. The lowest BCUT2D eigenvalue weighted by molar-refractivity contribution is -0.119. The van der Waals surface area contributed by atoms with Gasteiger partial charge in [-0.25, -0.2) is 18.9 Å². The Labute approximate surface area is 204 Å². The Bertz CT molecular complexity index is 1560. The van der Waals surface area contributed by atoms with Crippen molar-refractivity contribution in [1.29, 1.82) is 0 Å². The molecule has 0 saturated heterocycles. The van der Waals surface area contributed by atoms with Gasteiger partial charge in [0.25, 0.3) is 5.91 Å². The second kappa shape index (κ2) is 9.79. The Morgan fingerprint density at radius 2 is 1.92 bits per heavy atom. The van der Waals surface area contributed by atoms with Crippen molar-refractivity contribution < 1.29 is 23.2 Å². The molecule has 180 valence electrons. The maximum atomic E-state index is 13.7. The Morgan fingerprint density at radius 1 is 1.08 bits per heavy atom. The van der Waals surface area contributed by atoms with E-state index in [2.05, 4.69) is 15.6 Å². The van der Waals surface area contributed by atoms with E-state index in [1.54, 1.807) is 35.9 Å². The van der Waals surface area contributed by atoms with E-state index >= 15 is 0 Å². The number of nitrogens with zero attached hydrogens (tertiary/aromatic N) is 4. The van der Waals surface area contributed by atoms with E-state index in [1.165, 1.54) is 18.3 Å². The quantitative estimate of drug-likeness (QED) is 0.341. The molecule has 36 heavy (non-hydrogen) atoms. The SMILES string of the molecule is Cc1cc(NC(=O)COC(=O)c2cc(-c3ccccc3)nc3c2cnn3Cc2cccc(F)c2)no1. The highest BCUT2D eigenvalue weighted by molar-refractivity contribution is 6.04. The normalized spacial score (nSPS) is 10.9. The number of amides is 1. The van der Waals surface area contributed by atoms with Crippen LogP contribution in [0.1, 0.15) is 21.7 Å². The number of fused-ring (bicyclic) bond motifs is 1. The lowest BCUT2D eigenvalue weighted by Crippen LogP contribution is -2.21. The first kappa shape index (κ1) is 22.9. The number of carbonyl (C=O) groups excluding carboxylic acids is 2. The van der Waals surface area contributed by atoms with E-state index in [0.717, 1.165) is 5.56 Å². The number of halogens is 1. The fourth-order valence-electron chi connectivity index (χ4n) is 3.71. The number of nitrogens with one attached hydrogen (secondary N) is 1. The molecule has 0 fully saturated rings. The minimum atomic E-state index is -0.712. The molecule has 0 unspecified atom stereocenters. The summed E-state index contributed by atoms with van der Waals surface area (Å²) in [7, 11) is 0. The molecule has 0 saturated carbocycles. The van der Waals surface area contributed by atoms with E-state index in [4.69, 9.17) is 14.2 Å². The number of benzene rings is 2. The van der Waals surface area contributed by atoms with Crippen LogP contribution >= 0.6 is 0 Å². The minimum absolute atomic E-state index is 0.203. The first-order valence-electron chi connectivity index (χ1n) is 11.0. The smallest absolute Gasteiger partial charge is 0.339 e. The van der Waals surface area contributed by atoms with Gasteiger partial charge in [0, 0.05) is 11.6 Å². The predicted molar refractivity (Wildman–Crippen MR) is 129 cm³/mol. The molecule has 0 bridgehead atoms. The predicted octanol–water partition coefficient (Wildman–Crippen LogP) is 4.38. The van der Waals surface area contributed by atoms with Crippen molar-refractivity contribution in [3.05, 3.63) is 95.6 Å². The molecule has 0 aliphatic heterocycles. The Morgan fingerprint density at radius 3 is 2.67 bits per heavy atom. The molecule has 3 aromatic heterocycles. The fourth-order valence-corrected chi connectivity index (χ4v) is 3.71. The zero-order chi connectivity index (χ0) is 25.1. The number of hydrogen-bond acceptors (Lipinski definition) is 7. The molecule has 2 aromatic carbocycles. The average Bonchev–Trinajstić information content (AvgIpc) is 3.48. The standard InChI is InChI=1S/C26H20FN5O4/c1-16-10-23(31-36-16)30-24(33)15-35-26(34)20-12-22(18-7-3-2-4-8-18)29-25-21(20)13-28-32(25)14-17-6-5-9-19(27)11-17/h2-13H,14-15H2,1H3,(H,30,31,33). The van der Waals surface area contributed by atoms with Gasteiger partial charge >= 0.3 is 5.97 Å². The van der Waals surface area contributed by atoms with Crippen LogP contribution in [0.4, 0.5) is 10.2 Å². The summed E-state index contributed by atoms with van der Waals surface area (Å²) in [4.78, 5) is 30.0. The van der Waals surface area contributed by atoms with Gasteiger partial charge in [0.05, 0.1) is 29.4 Å². The van der Waals surface area contributed by atoms with Crippen LogP contribution < -0.4 is 5.32 Å². The maximum absolute atomic E-state index is 13.7. The zero-order valence-corrected chi connectivity index (χ0v) is 19.1. The van der Waals surface area contributed by atoms with E-state index in [1.807, 2.05) is 30.3 Å². The van der Waals surface area contributed by atoms with Crippen LogP contribution in [0.5, 0.6) is 0 Å². The summed E-state index contributed by atoms with van der Waals surface area (Å²) in [5.41, 5.74) is 2.63. The summed E-state index contributed by atoms with van der Waals surface area (Å²) in [5, 5.41) is 11.0. The minimum Gasteiger partial charge on any atom is -0.452 e. The van der Waals surface area contributed by atoms with Gasteiger partial charge in [-0.1, -0.05) is 47.6 Å². The fraction of sp³-hybridized carbons (Fsp3) is 0.115. The zero-order valence-electron chi connectivity index (χ0n) is 19.1. The van der Waals surface area contributed by atoms with Gasteiger partial charge in [-0.3, -0.25) is 4.79 Å². The highest BCUT2D eigenvalue weighted by Crippen LogP contribution is 2.26. The average molecular weight is 485 g/mol. The third kappa shape index (κ3) is 4.97. The van der Waals surface area contributed by atoms with Crippen LogP contribution in [0.2, 0.25) is 0 Å². The van der Waals surface area contributed by atoms with Crippen molar-refractivity contribution >= 4 is 28.7 Å². The lowest BCUT2D eigenvalue weighted by Gasteiger charge is -2.09. The molecule has 1 amide bonds. The summed E-state index contributed by atoms with van der Waals surface area (Å²) in [5.74, 6) is -0.872. The molecule has 0 radical (unpaired) electrons. The molecule has 0 aliphatic carbocycles. The molecule has 0 aliphatic rings. The number of aromatic nitrogens is 4. The van der Waals surface area contributed by atoms with E-state index in [-0.39, 0.29) is 23.7 Å². The number of rotatable bonds is 7. The van der Waals surface area contributed by atoms with Crippen LogP contribution in [0.25, 0.3) is 22.3 Å². The van der Waals surface area contributed by atoms with Crippen molar-refractivity contribution in [3.63, 3.8) is 0 Å². The molecule has 1 N–H and O–H groups in total. The summed E-state index contributed by atoms with van der Waals surface area (Å²) < 4.78 is 25.5. The van der Waals surface area contributed by atoms with Crippen molar-refractivity contribution in [1.82, 2.24) is 19.9 Å². The number of esters is 1. The van der Waals surface area contributed by atoms with Crippen LogP contribution in [-0.2, 0) is 16.1 Å². The van der Waals surface area contributed by atoms with Crippen LogP contribution in [0, 0.1) is 12.7 Å². The summed E-state index contributed by atoms with van der Waals surface area (Å²) in [6.07, 6.45) is 1.51. The van der Waals surface area contributed by atoms with Crippen molar-refractivity contribution in [3.8, 4) is 11.3 Å². The van der Waals surface area contributed by atoms with E-state index in [9.17, 15) is 14.0 Å². The molecule has 10 heteroatoms. The lowest BCUT2D eigenvalue weighted by atomic mass is 10.1. The highest BCUT2D eigenvalue weighted by atomic mass is 19.1. The summed E-state index contributed by atoms with van der Waals surface area (Å²) in [6, 6.07) is 18.7. The molecule has 9 nitrogen and oxygen atoms in total. The van der Waals surface area contributed by atoms with Gasteiger partial charge in [-0.05, 0) is 30.7 Å².